The number of ether oxygens (including phenoxy) is 1. The second-order valence-corrected chi connectivity index (χ2v) is 13.1. The molecule has 0 aromatic carbocycles. The Labute approximate surface area is 188 Å². The van der Waals surface area contributed by atoms with Gasteiger partial charge in [-0.25, -0.2) is 0 Å². The third-order valence-electron chi connectivity index (χ3n) is 11.2. The molecular weight excluding hydrogens is 420 g/mol. The van der Waals surface area contributed by atoms with Gasteiger partial charge >= 0.3 is 0 Å². The van der Waals surface area contributed by atoms with Crippen molar-refractivity contribution in [2.75, 3.05) is 11.9 Å². The Morgan fingerprint density at radius 2 is 1.83 bits per heavy atom. The van der Waals surface area contributed by atoms with Crippen molar-refractivity contribution in [3.8, 4) is 0 Å². The summed E-state index contributed by atoms with van der Waals surface area (Å²) in [5.41, 5.74) is 1.22. The van der Waals surface area contributed by atoms with Crippen LogP contribution in [-0.4, -0.2) is 18.0 Å². The van der Waals surface area contributed by atoms with E-state index in [1.54, 1.807) is 0 Å². The maximum absolute atomic E-state index is 6.54. The lowest BCUT2D eigenvalue weighted by molar-refractivity contribution is -0.105. The van der Waals surface area contributed by atoms with Crippen LogP contribution >= 0.6 is 15.9 Å². The monoisotopic (exact) mass is 464 g/mol. The fraction of sp³-hybridized carbons (Fsp3) is 1.00. The van der Waals surface area contributed by atoms with E-state index < -0.39 is 0 Å². The van der Waals surface area contributed by atoms with Gasteiger partial charge < -0.3 is 4.74 Å². The SMILES string of the molecule is CC(CBr)CCC[C@@H](C)[C@H]1CC[C@H]2[C@@H]3CC4OC[C@@]5(CCCCC45)[C@H]3CC[C@]12C. The van der Waals surface area contributed by atoms with E-state index in [-0.39, 0.29) is 0 Å². The normalized spacial score (nSPS) is 50.5. The zero-order valence-corrected chi connectivity index (χ0v) is 20.9. The van der Waals surface area contributed by atoms with E-state index in [0.717, 1.165) is 48.0 Å². The lowest BCUT2D eigenvalue weighted by atomic mass is 9.44. The van der Waals surface area contributed by atoms with Crippen molar-refractivity contribution in [1.82, 2.24) is 0 Å². The van der Waals surface area contributed by atoms with Gasteiger partial charge in [-0.05, 0) is 98.2 Å². The third-order valence-corrected chi connectivity index (χ3v) is 12.3. The summed E-state index contributed by atoms with van der Waals surface area (Å²) in [6.45, 7) is 8.85. The number of halogens is 1. The second kappa shape index (κ2) is 8.09. The van der Waals surface area contributed by atoms with Crippen molar-refractivity contribution in [2.45, 2.75) is 104 Å². The molecule has 166 valence electrons. The van der Waals surface area contributed by atoms with Gasteiger partial charge in [0.1, 0.15) is 0 Å². The number of alkyl halides is 1. The molecule has 4 saturated carbocycles. The molecule has 3 unspecified atom stereocenters. The lowest BCUT2D eigenvalue weighted by Gasteiger charge is -2.59. The summed E-state index contributed by atoms with van der Waals surface area (Å²) >= 11 is 3.66. The highest BCUT2D eigenvalue weighted by Gasteiger charge is 2.65. The number of hydrogen-bond acceptors (Lipinski definition) is 1. The highest BCUT2D eigenvalue weighted by atomic mass is 79.9. The fourth-order valence-electron chi connectivity index (χ4n) is 9.84. The molecule has 0 N–H and O–H groups in total. The summed E-state index contributed by atoms with van der Waals surface area (Å²) in [4.78, 5) is 0. The van der Waals surface area contributed by atoms with Crippen LogP contribution in [0.15, 0.2) is 0 Å². The molecule has 1 saturated heterocycles. The van der Waals surface area contributed by atoms with Crippen LogP contribution in [0.3, 0.4) is 0 Å². The van der Waals surface area contributed by atoms with Crippen molar-refractivity contribution >= 4 is 15.9 Å². The Balaban J connectivity index is 1.30. The van der Waals surface area contributed by atoms with Crippen molar-refractivity contribution in [3.63, 3.8) is 0 Å². The van der Waals surface area contributed by atoms with E-state index in [4.69, 9.17) is 4.74 Å². The van der Waals surface area contributed by atoms with Crippen LogP contribution in [0.25, 0.3) is 0 Å². The van der Waals surface area contributed by atoms with Crippen LogP contribution in [0.1, 0.15) is 97.8 Å². The molecule has 4 aliphatic carbocycles. The van der Waals surface area contributed by atoms with Crippen LogP contribution in [0.2, 0.25) is 0 Å². The average Bonchev–Trinajstić information content (AvgIpc) is 3.22. The van der Waals surface area contributed by atoms with Gasteiger partial charge in [-0.15, -0.1) is 0 Å². The second-order valence-electron chi connectivity index (χ2n) is 12.4. The molecule has 0 aromatic rings. The first-order valence-electron chi connectivity index (χ1n) is 13.2. The Bertz CT molecular complexity index is 587. The molecule has 10 atom stereocenters. The molecule has 0 radical (unpaired) electrons. The summed E-state index contributed by atoms with van der Waals surface area (Å²) in [6.07, 6.45) is 18.3. The van der Waals surface area contributed by atoms with Crippen molar-refractivity contribution in [3.05, 3.63) is 0 Å². The minimum atomic E-state index is 0.600. The largest absolute Gasteiger partial charge is 0.377 e. The highest BCUT2D eigenvalue weighted by molar-refractivity contribution is 9.09. The molecule has 5 rings (SSSR count). The van der Waals surface area contributed by atoms with Crippen molar-refractivity contribution < 1.29 is 4.74 Å². The van der Waals surface area contributed by atoms with Crippen LogP contribution < -0.4 is 0 Å². The molecule has 1 nitrogen and oxygen atoms in total. The predicted molar refractivity (Wildman–Crippen MR) is 125 cm³/mol. The molecule has 2 bridgehead atoms. The van der Waals surface area contributed by atoms with Crippen LogP contribution in [0, 0.1) is 52.3 Å². The van der Waals surface area contributed by atoms with Gasteiger partial charge in [0.05, 0.1) is 12.7 Å². The van der Waals surface area contributed by atoms with Gasteiger partial charge in [0.15, 0.2) is 0 Å². The summed E-state index contributed by atoms with van der Waals surface area (Å²) < 4.78 is 6.54. The van der Waals surface area contributed by atoms with Gasteiger partial charge in [-0.3, -0.25) is 0 Å². The zero-order valence-electron chi connectivity index (χ0n) is 19.3. The quantitative estimate of drug-likeness (QED) is 0.363. The molecular formula is C27H45BrO. The number of hydrogen-bond donors (Lipinski definition) is 0. The van der Waals surface area contributed by atoms with Gasteiger partial charge in [-0.2, -0.15) is 0 Å². The first kappa shape index (κ1) is 21.3. The maximum atomic E-state index is 6.54. The maximum Gasteiger partial charge on any atom is 0.0612 e. The van der Waals surface area contributed by atoms with Gasteiger partial charge in [-0.1, -0.05) is 62.4 Å². The lowest BCUT2D eigenvalue weighted by Crippen LogP contribution is -2.55. The van der Waals surface area contributed by atoms with E-state index in [0.29, 0.717) is 16.9 Å². The van der Waals surface area contributed by atoms with E-state index in [1.807, 2.05) is 0 Å². The summed E-state index contributed by atoms with van der Waals surface area (Å²) in [6, 6.07) is 0. The van der Waals surface area contributed by atoms with Crippen LogP contribution in [0.4, 0.5) is 0 Å². The minimum Gasteiger partial charge on any atom is -0.377 e. The van der Waals surface area contributed by atoms with Gasteiger partial charge in [0.2, 0.25) is 0 Å². The Kier molecular flexibility index (Phi) is 5.94. The first-order chi connectivity index (χ1) is 14.0. The molecule has 5 fully saturated rings. The fourth-order valence-corrected chi connectivity index (χ4v) is 10.2. The third kappa shape index (κ3) is 3.32. The summed E-state index contributed by atoms with van der Waals surface area (Å²) in [5, 5.41) is 1.17. The number of fused-ring (bicyclic) bond motifs is 3. The first-order valence-corrected chi connectivity index (χ1v) is 14.3. The van der Waals surface area contributed by atoms with E-state index in [9.17, 15) is 0 Å². The molecule has 5 aliphatic rings. The molecule has 1 aliphatic heterocycles. The molecule has 0 amide bonds. The van der Waals surface area contributed by atoms with E-state index in [1.165, 1.54) is 82.4 Å². The zero-order chi connectivity index (χ0) is 20.2. The molecule has 2 heteroatoms. The van der Waals surface area contributed by atoms with Crippen molar-refractivity contribution in [1.29, 1.82) is 0 Å². The Morgan fingerprint density at radius 3 is 2.66 bits per heavy atom. The highest BCUT2D eigenvalue weighted by Crippen LogP contribution is 2.70. The predicted octanol–water partition coefficient (Wildman–Crippen LogP) is 7.86. The average molecular weight is 466 g/mol. The Morgan fingerprint density at radius 1 is 0.966 bits per heavy atom. The van der Waals surface area contributed by atoms with Crippen molar-refractivity contribution in [2.24, 2.45) is 52.3 Å². The molecule has 29 heavy (non-hydrogen) atoms. The van der Waals surface area contributed by atoms with Gasteiger partial charge in [0, 0.05) is 10.7 Å². The van der Waals surface area contributed by atoms with E-state index in [2.05, 4.69) is 36.7 Å². The standard InChI is InChI=1S/C27H45BrO/c1-18(16-28)7-6-8-19(2)21-10-11-22-20-15-25-24-9-4-5-13-27(24,17-29-25)23(20)12-14-26(21,22)3/h18-25H,4-17H2,1-3H3/t18?,19-,20+,21-,22+,23+,24?,25?,26-,27+/m1/s1. The minimum absolute atomic E-state index is 0.600. The molecule has 0 aromatic heterocycles. The molecule has 1 heterocycles. The smallest absolute Gasteiger partial charge is 0.0612 e. The van der Waals surface area contributed by atoms with Crippen LogP contribution in [-0.2, 0) is 4.74 Å². The topological polar surface area (TPSA) is 9.23 Å². The van der Waals surface area contributed by atoms with Gasteiger partial charge in [0.25, 0.3) is 0 Å². The molecule has 0 spiro atoms. The van der Waals surface area contributed by atoms with Crippen LogP contribution in [0.5, 0.6) is 0 Å². The number of rotatable bonds is 6. The Hall–Kier alpha value is 0.440. The summed E-state index contributed by atoms with van der Waals surface area (Å²) in [5.74, 6) is 6.65. The summed E-state index contributed by atoms with van der Waals surface area (Å²) in [7, 11) is 0. The van der Waals surface area contributed by atoms with E-state index >= 15 is 0 Å².